The van der Waals surface area contributed by atoms with E-state index in [-0.39, 0.29) is 16.5 Å². The van der Waals surface area contributed by atoms with Gasteiger partial charge in [-0.1, -0.05) is 30.3 Å². The molecule has 0 bridgehead atoms. The monoisotopic (exact) mass is 401 g/mol. The fourth-order valence-electron chi connectivity index (χ4n) is 2.66. The van der Waals surface area contributed by atoms with E-state index in [1.165, 1.54) is 24.3 Å². The molecule has 2 aromatic carbocycles. The number of hydrogen-bond donors (Lipinski definition) is 1. The summed E-state index contributed by atoms with van der Waals surface area (Å²) in [4.78, 5) is 15.6. The van der Waals surface area contributed by atoms with Gasteiger partial charge in [-0.3, -0.25) is 0 Å². The van der Waals surface area contributed by atoms with Crippen molar-refractivity contribution in [3.8, 4) is 17.0 Å². The Hall–Kier alpha value is -3.30. The molecule has 0 aliphatic heterocycles. The Morgan fingerprint density at radius 1 is 0.964 bits per heavy atom. The summed E-state index contributed by atoms with van der Waals surface area (Å²) < 4.78 is 81.6. The van der Waals surface area contributed by atoms with E-state index in [2.05, 4.69) is 9.72 Å². The van der Waals surface area contributed by atoms with Gasteiger partial charge in [-0.05, 0) is 18.2 Å². The minimum Gasteiger partial charge on any atom is -0.478 e. The van der Waals surface area contributed by atoms with Gasteiger partial charge >= 0.3 is 18.5 Å². The average molecular weight is 401 g/mol. The first kappa shape index (κ1) is 19.5. The van der Waals surface area contributed by atoms with Crippen molar-refractivity contribution < 1.29 is 41.0 Å². The number of fused-ring (bicyclic) bond motifs is 1. The SMILES string of the molecule is O=C(O)c1c(OC(F)(F)F)c(-c2cccc(C(F)(F)F)c2)nc2ccccc12. The number of ether oxygens (including phenoxy) is 1. The van der Waals surface area contributed by atoms with Gasteiger partial charge in [0.25, 0.3) is 0 Å². The van der Waals surface area contributed by atoms with Gasteiger partial charge in [0.2, 0.25) is 0 Å². The van der Waals surface area contributed by atoms with Gasteiger partial charge in [0, 0.05) is 10.9 Å². The lowest BCUT2D eigenvalue weighted by atomic mass is 10.0. The van der Waals surface area contributed by atoms with Gasteiger partial charge in [0.15, 0.2) is 5.75 Å². The molecule has 0 radical (unpaired) electrons. The van der Waals surface area contributed by atoms with Crippen LogP contribution in [-0.4, -0.2) is 22.4 Å². The molecule has 3 rings (SSSR count). The van der Waals surface area contributed by atoms with Gasteiger partial charge in [0.1, 0.15) is 11.3 Å². The third-order valence-corrected chi connectivity index (χ3v) is 3.74. The Labute approximate surface area is 153 Å². The molecule has 4 nitrogen and oxygen atoms in total. The summed E-state index contributed by atoms with van der Waals surface area (Å²) in [6.45, 7) is 0. The summed E-state index contributed by atoms with van der Waals surface area (Å²) in [5, 5.41) is 9.31. The number of aromatic carboxylic acids is 1. The van der Waals surface area contributed by atoms with Gasteiger partial charge in [0.05, 0.1) is 11.1 Å². The lowest BCUT2D eigenvalue weighted by Gasteiger charge is -2.17. The molecule has 0 amide bonds. The molecular weight excluding hydrogens is 392 g/mol. The Balaban J connectivity index is 2.39. The number of benzene rings is 2. The minimum absolute atomic E-state index is 0.0122. The van der Waals surface area contributed by atoms with Crippen LogP contribution in [0, 0.1) is 0 Å². The first-order valence-corrected chi connectivity index (χ1v) is 7.57. The molecule has 1 N–H and O–H groups in total. The number of carboxylic acids is 1. The lowest BCUT2D eigenvalue weighted by molar-refractivity contribution is -0.274. The number of alkyl halides is 6. The number of nitrogens with zero attached hydrogens (tertiary/aromatic N) is 1. The van der Waals surface area contributed by atoms with Gasteiger partial charge in [-0.25, -0.2) is 9.78 Å². The van der Waals surface area contributed by atoms with Crippen LogP contribution in [0.4, 0.5) is 26.3 Å². The largest absolute Gasteiger partial charge is 0.573 e. The molecule has 0 aliphatic carbocycles. The highest BCUT2D eigenvalue weighted by molar-refractivity contribution is 6.07. The highest BCUT2D eigenvalue weighted by atomic mass is 19.4. The topological polar surface area (TPSA) is 59.4 Å². The molecule has 10 heteroatoms. The van der Waals surface area contributed by atoms with E-state index in [1.54, 1.807) is 0 Å². The third-order valence-electron chi connectivity index (χ3n) is 3.74. The quantitative estimate of drug-likeness (QED) is 0.588. The van der Waals surface area contributed by atoms with E-state index in [4.69, 9.17) is 0 Å². The number of carbonyl (C=O) groups is 1. The van der Waals surface area contributed by atoms with Crippen molar-refractivity contribution in [2.24, 2.45) is 0 Å². The Bertz CT molecular complexity index is 1060. The first-order valence-electron chi connectivity index (χ1n) is 7.57. The molecule has 146 valence electrons. The fourth-order valence-corrected chi connectivity index (χ4v) is 2.66. The molecular formula is C18H9F6NO3. The first-order chi connectivity index (χ1) is 13.0. The maximum atomic E-state index is 13.0. The van der Waals surface area contributed by atoms with Crippen molar-refractivity contribution in [1.29, 1.82) is 0 Å². The van der Waals surface area contributed by atoms with Crippen molar-refractivity contribution in [2.45, 2.75) is 12.5 Å². The normalized spacial score (nSPS) is 12.2. The Kier molecular flexibility index (Phi) is 4.66. The van der Waals surface area contributed by atoms with Gasteiger partial charge in [-0.2, -0.15) is 13.2 Å². The van der Waals surface area contributed by atoms with E-state index in [0.717, 1.165) is 18.2 Å². The highest BCUT2D eigenvalue weighted by Gasteiger charge is 2.37. The number of rotatable bonds is 3. The fraction of sp³-hybridized carbons (Fsp3) is 0.111. The van der Waals surface area contributed by atoms with Crippen LogP contribution >= 0.6 is 0 Å². The zero-order valence-electron chi connectivity index (χ0n) is 13.6. The third kappa shape index (κ3) is 3.85. The Morgan fingerprint density at radius 3 is 2.25 bits per heavy atom. The summed E-state index contributed by atoms with van der Waals surface area (Å²) in [6, 6.07) is 8.77. The van der Waals surface area contributed by atoms with Crippen molar-refractivity contribution in [3.05, 3.63) is 59.7 Å². The molecule has 0 saturated carbocycles. The standard InChI is InChI=1S/C18H9F6NO3/c19-17(20,21)10-5-3-4-9(8-10)14-15(28-18(22,23)24)13(16(26)27)11-6-1-2-7-12(11)25-14/h1-8H,(H,26,27). The van der Waals surface area contributed by atoms with Crippen LogP contribution in [0.25, 0.3) is 22.2 Å². The second-order valence-corrected chi connectivity index (χ2v) is 5.61. The smallest absolute Gasteiger partial charge is 0.478 e. The molecule has 0 atom stereocenters. The number of aromatic nitrogens is 1. The van der Waals surface area contributed by atoms with Crippen molar-refractivity contribution in [3.63, 3.8) is 0 Å². The minimum atomic E-state index is -5.29. The maximum absolute atomic E-state index is 13.0. The Morgan fingerprint density at radius 2 is 1.64 bits per heavy atom. The number of pyridine rings is 1. The summed E-state index contributed by atoms with van der Waals surface area (Å²) in [6.07, 6.45) is -10.0. The zero-order valence-corrected chi connectivity index (χ0v) is 13.6. The number of halogens is 6. The zero-order chi connectivity index (χ0) is 20.7. The molecule has 0 saturated heterocycles. The lowest BCUT2D eigenvalue weighted by Crippen LogP contribution is -2.20. The van der Waals surface area contributed by atoms with Crippen LogP contribution in [0.15, 0.2) is 48.5 Å². The van der Waals surface area contributed by atoms with E-state index < -0.39 is 41.1 Å². The van der Waals surface area contributed by atoms with Crippen LogP contribution in [0.3, 0.4) is 0 Å². The number of para-hydroxylation sites is 1. The van der Waals surface area contributed by atoms with E-state index in [9.17, 15) is 36.2 Å². The van der Waals surface area contributed by atoms with Crippen LogP contribution in [0.1, 0.15) is 15.9 Å². The van der Waals surface area contributed by atoms with Gasteiger partial charge in [-0.15, -0.1) is 13.2 Å². The van der Waals surface area contributed by atoms with Crippen LogP contribution < -0.4 is 4.74 Å². The molecule has 1 heterocycles. The number of carboxylic acid groups (broad SMARTS) is 1. The van der Waals surface area contributed by atoms with E-state index >= 15 is 0 Å². The maximum Gasteiger partial charge on any atom is 0.573 e. The summed E-state index contributed by atoms with van der Waals surface area (Å²) in [7, 11) is 0. The molecule has 1 aromatic heterocycles. The molecule has 0 unspecified atom stereocenters. The van der Waals surface area contributed by atoms with E-state index in [0.29, 0.717) is 6.07 Å². The predicted molar refractivity (Wildman–Crippen MR) is 85.8 cm³/mol. The highest BCUT2D eigenvalue weighted by Crippen LogP contribution is 2.40. The second kappa shape index (κ2) is 6.70. The van der Waals surface area contributed by atoms with Crippen molar-refractivity contribution in [2.75, 3.05) is 0 Å². The van der Waals surface area contributed by atoms with Crippen molar-refractivity contribution in [1.82, 2.24) is 4.98 Å². The summed E-state index contributed by atoms with van der Waals surface area (Å²) >= 11 is 0. The summed E-state index contributed by atoms with van der Waals surface area (Å²) in [5.74, 6) is -2.93. The average Bonchev–Trinajstić information content (AvgIpc) is 2.58. The number of hydrogen-bond acceptors (Lipinski definition) is 3. The van der Waals surface area contributed by atoms with Crippen LogP contribution in [0.5, 0.6) is 5.75 Å². The molecule has 3 aromatic rings. The second-order valence-electron chi connectivity index (χ2n) is 5.61. The summed E-state index contributed by atoms with van der Waals surface area (Å²) in [5.41, 5.74) is -3.03. The van der Waals surface area contributed by atoms with Gasteiger partial charge < -0.3 is 9.84 Å². The van der Waals surface area contributed by atoms with E-state index in [1.807, 2.05) is 0 Å². The predicted octanol–water partition coefficient (Wildman–Crippen LogP) is 5.52. The van der Waals surface area contributed by atoms with Crippen LogP contribution in [0.2, 0.25) is 0 Å². The molecule has 0 fully saturated rings. The molecule has 0 spiro atoms. The molecule has 28 heavy (non-hydrogen) atoms. The molecule has 0 aliphatic rings. The van der Waals surface area contributed by atoms with Crippen molar-refractivity contribution >= 4 is 16.9 Å². The van der Waals surface area contributed by atoms with Crippen LogP contribution in [-0.2, 0) is 6.18 Å².